The first-order chi connectivity index (χ1) is 8.66. The van der Waals surface area contributed by atoms with Crippen LogP contribution >= 0.6 is 11.6 Å². The third-order valence-electron chi connectivity index (χ3n) is 2.89. The lowest BCUT2D eigenvalue weighted by molar-refractivity contribution is -0.142. The highest BCUT2D eigenvalue weighted by molar-refractivity contribution is 6.30. The highest BCUT2D eigenvalue weighted by Gasteiger charge is 2.34. The van der Waals surface area contributed by atoms with Crippen molar-refractivity contribution in [1.29, 1.82) is 0 Å². The van der Waals surface area contributed by atoms with Crippen LogP contribution in [0, 0.1) is 5.82 Å². The lowest BCUT2D eigenvalue weighted by atomic mass is 9.83. The fourth-order valence-electron chi connectivity index (χ4n) is 1.56. The summed E-state index contributed by atoms with van der Waals surface area (Å²) in [7, 11) is 0. The van der Waals surface area contributed by atoms with Crippen molar-refractivity contribution < 1.29 is 19.1 Å². The van der Waals surface area contributed by atoms with Crippen LogP contribution in [0.5, 0.6) is 0 Å². The molecular weight excluding hydrogens is 273 g/mol. The maximum atomic E-state index is 13.8. The number of rotatable bonds is 4. The number of carbonyl (C=O) groups excluding carboxylic acids is 1. The van der Waals surface area contributed by atoms with Gasteiger partial charge in [-0.2, -0.15) is 0 Å². The van der Waals surface area contributed by atoms with Crippen molar-refractivity contribution in [1.82, 2.24) is 5.32 Å². The quantitative estimate of drug-likeness (QED) is 0.893. The standard InChI is InChI=1S/C13H15ClFNO3/c1-7(11(17)18)16-12(19)13(2,3)9-5-4-8(14)6-10(9)15/h4-7H,1-3H3,(H,16,19)(H,17,18)/t7-/m0/s1. The normalized spacial score (nSPS) is 12.9. The average Bonchev–Trinajstić information content (AvgIpc) is 2.27. The fourth-order valence-corrected chi connectivity index (χ4v) is 1.72. The van der Waals surface area contributed by atoms with Crippen LogP contribution in [0.3, 0.4) is 0 Å². The van der Waals surface area contributed by atoms with E-state index in [0.717, 1.165) is 6.07 Å². The van der Waals surface area contributed by atoms with Gasteiger partial charge in [0, 0.05) is 10.6 Å². The van der Waals surface area contributed by atoms with Crippen LogP contribution in [0.25, 0.3) is 0 Å². The van der Waals surface area contributed by atoms with E-state index < -0.39 is 29.2 Å². The summed E-state index contributed by atoms with van der Waals surface area (Å²) >= 11 is 5.65. The molecular formula is C13H15ClFNO3. The van der Waals surface area contributed by atoms with E-state index in [1.54, 1.807) is 0 Å². The zero-order valence-corrected chi connectivity index (χ0v) is 11.6. The van der Waals surface area contributed by atoms with E-state index >= 15 is 0 Å². The molecule has 19 heavy (non-hydrogen) atoms. The van der Waals surface area contributed by atoms with Gasteiger partial charge in [0.15, 0.2) is 0 Å². The lowest BCUT2D eigenvalue weighted by Gasteiger charge is -2.26. The number of amides is 1. The molecule has 104 valence electrons. The zero-order chi connectivity index (χ0) is 14.8. The van der Waals surface area contributed by atoms with Crippen molar-refractivity contribution in [3.05, 3.63) is 34.6 Å². The smallest absolute Gasteiger partial charge is 0.325 e. The van der Waals surface area contributed by atoms with Gasteiger partial charge < -0.3 is 10.4 Å². The van der Waals surface area contributed by atoms with E-state index in [-0.39, 0.29) is 10.6 Å². The number of halogens is 2. The number of benzene rings is 1. The third kappa shape index (κ3) is 3.44. The molecule has 0 aliphatic heterocycles. The van der Waals surface area contributed by atoms with E-state index in [1.165, 1.54) is 32.9 Å². The number of aliphatic carboxylic acids is 1. The summed E-state index contributed by atoms with van der Waals surface area (Å²) in [5.41, 5.74) is -1.04. The first-order valence-corrected chi connectivity index (χ1v) is 6.03. The van der Waals surface area contributed by atoms with Crippen molar-refractivity contribution in [2.24, 2.45) is 0 Å². The minimum atomic E-state index is -1.20. The van der Waals surface area contributed by atoms with Crippen molar-refractivity contribution in [2.75, 3.05) is 0 Å². The van der Waals surface area contributed by atoms with Gasteiger partial charge in [-0.15, -0.1) is 0 Å². The molecule has 0 saturated heterocycles. The summed E-state index contributed by atoms with van der Waals surface area (Å²) in [4.78, 5) is 22.7. The van der Waals surface area contributed by atoms with Gasteiger partial charge in [0.05, 0.1) is 5.41 Å². The van der Waals surface area contributed by atoms with Crippen LogP contribution in [0.1, 0.15) is 26.3 Å². The van der Waals surface area contributed by atoms with Crippen LogP contribution in [0.15, 0.2) is 18.2 Å². The summed E-state index contributed by atoms with van der Waals surface area (Å²) in [6.07, 6.45) is 0. The predicted octanol–water partition coefficient (Wildman–Crippen LogP) is 2.35. The number of hydrogen-bond acceptors (Lipinski definition) is 2. The first kappa shape index (κ1) is 15.4. The van der Waals surface area contributed by atoms with Crippen LogP contribution in [0.4, 0.5) is 4.39 Å². The van der Waals surface area contributed by atoms with Crippen LogP contribution in [0.2, 0.25) is 5.02 Å². The second-order valence-corrected chi connectivity index (χ2v) is 5.22. The van der Waals surface area contributed by atoms with Gasteiger partial charge in [0.25, 0.3) is 0 Å². The molecule has 0 aliphatic carbocycles. The molecule has 0 heterocycles. The molecule has 6 heteroatoms. The van der Waals surface area contributed by atoms with Crippen molar-refractivity contribution in [2.45, 2.75) is 32.2 Å². The van der Waals surface area contributed by atoms with Crippen LogP contribution in [-0.4, -0.2) is 23.0 Å². The fraction of sp³-hybridized carbons (Fsp3) is 0.385. The molecule has 0 fully saturated rings. The number of hydrogen-bond donors (Lipinski definition) is 2. The molecule has 1 aromatic carbocycles. The highest BCUT2D eigenvalue weighted by atomic mass is 35.5. The summed E-state index contributed by atoms with van der Waals surface area (Å²) in [5, 5.41) is 11.3. The molecule has 4 nitrogen and oxygen atoms in total. The summed E-state index contributed by atoms with van der Waals surface area (Å²) in [6, 6.07) is 2.98. The van der Waals surface area contributed by atoms with E-state index in [2.05, 4.69) is 5.32 Å². The Morgan fingerprint density at radius 1 is 1.42 bits per heavy atom. The zero-order valence-electron chi connectivity index (χ0n) is 10.8. The molecule has 1 aromatic rings. The second-order valence-electron chi connectivity index (χ2n) is 4.78. The molecule has 0 aromatic heterocycles. The predicted molar refractivity (Wildman–Crippen MR) is 69.7 cm³/mol. The number of nitrogens with one attached hydrogen (secondary N) is 1. The van der Waals surface area contributed by atoms with Gasteiger partial charge in [0.1, 0.15) is 11.9 Å². The Hall–Kier alpha value is -1.62. The number of carboxylic acid groups (broad SMARTS) is 1. The van der Waals surface area contributed by atoms with Crippen LogP contribution < -0.4 is 5.32 Å². The summed E-state index contributed by atoms with van der Waals surface area (Å²) < 4.78 is 13.8. The molecule has 1 atom stereocenters. The van der Waals surface area contributed by atoms with E-state index in [4.69, 9.17) is 16.7 Å². The largest absolute Gasteiger partial charge is 0.480 e. The van der Waals surface area contributed by atoms with Gasteiger partial charge >= 0.3 is 5.97 Å². The Morgan fingerprint density at radius 2 is 2.00 bits per heavy atom. The molecule has 0 saturated carbocycles. The maximum Gasteiger partial charge on any atom is 0.325 e. The molecule has 0 spiro atoms. The first-order valence-electron chi connectivity index (χ1n) is 5.65. The minimum Gasteiger partial charge on any atom is -0.480 e. The Morgan fingerprint density at radius 3 is 2.47 bits per heavy atom. The van der Waals surface area contributed by atoms with Gasteiger partial charge in [-0.05, 0) is 32.9 Å². The monoisotopic (exact) mass is 287 g/mol. The molecule has 0 aliphatic rings. The van der Waals surface area contributed by atoms with E-state index in [0.29, 0.717) is 0 Å². The van der Waals surface area contributed by atoms with Crippen molar-refractivity contribution in [3.8, 4) is 0 Å². The second kappa shape index (κ2) is 5.57. The van der Waals surface area contributed by atoms with E-state index in [9.17, 15) is 14.0 Å². The van der Waals surface area contributed by atoms with Gasteiger partial charge in [0.2, 0.25) is 5.91 Å². The van der Waals surface area contributed by atoms with Crippen LogP contribution in [-0.2, 0) is 15.0 Å². The molecule has 1 rings (SSSR count). The molecule has 0 bridgehead atoms. The minimum absolute atomic E-state index is 0.159. The van der Waals surface area contributed by atoms with Crippen molar-refractivity contribution >= 4 is 23.5 Å². The van der Waals surface area contributed by atoms with Gasteiger partial charge in [-0.1, -0.05) is 17.7 Å². The average molecular weight is 288 g/mol. The van der Waals surface area contributed by atoms with Gasteiger partial charge in [-0.25, -0.2) is 4.39 Å². The van der Waals surface area contributed by atoms with E-state index in [1.807, 2.05) is 0 Å². The summed E-state index contributed by atoms with van der Waals surface area (Å²) in [6.45, 7) is 4.38. The molecule has 1 amide bonds. The number of carbonyl (C=O) groups is 2. The lowest BCUT2D eigenvalue weighted by Crippen LogP contribution is -2.47. The van der Waals surface area contributed by atoms with Crippen molar-refractivity contribution in [3.63, 3.8) is 0 Å². The Labute approximate surface area is 115 Å². The maximum absolute atomic E-state index is 13.8. The molecule has 0 unspecified atom stereocenters. The Balaban J connectivity index is 3.02. The Kier molecular flexibility index (Phi) is 4.52. The highest BCUT2D eigenvalue weighted by Crippen LogP contribution is 2.28. The van der Waals surface area contributed by atoms with Gasteiger partial charge in [-0.3, -0.25) is 9.59 Å². The Bertz CT molecular complexity index is 517. The number of carboxylic acids is 1. The topological polar surface area (TPSA) is 66.4 Å². The third-order valence-corrected chi connectivity index (χ3v) is 3.13. The molecule has 0 radical (unpaired) electrons. The summed E-state index contributed by atoms with van der Waals surface area (Å²) in [5.74, 6) is -2.32. The SMILES string of the molecule is C[C@H](NC(=O)C(C)(C)c1ccc(Cl)cc1F)C(=O)O. The molecule has 2 N–H and O–H groups in total.